The lowest BCUT2D eigenvalue weighted by molar-refractivity contribution is 0.402. The number of rotatable bonds is 2. The highest BCUT2D eigenvalue weighted by atomic mass is 19.2. The SMILES string of the molecule is N#CC1(Cc2cccc(F)c2F)Cc2ccccc2C1. The van der Waals surface area contributed by atoms with Gasteiger partial charge in [0.2, 0.25) is 0 Å². The third-order valence-corrected chi connectivity index (χ3v) is 3.97. The lowest BCUT2D eigenvalue weighted by Crippen LogP contribution is -2.23. The second-order valence-corrected chi connectivity index (χ2v) is 5.40. The number of nitriles is 1. The molecular weight excluding hydrogens is 256 g/mol. The molecule has 0 heterocycles. The third kappa shape index (κ3) is 2.08. The fourth-order valence-corrected chi connectivity index (χ4v) is 2.99. The van der Waals surface area contributed by atoms with Gasteiger partial charge in [-0.2, -0.15) is 5.26 Å². The maximum Gasteiger partial charge on any atom is 0.162 e. The molecule has 0 spiro atoms. The standard InChI is InChI=1S/C17H13F2N/c18-15-7-3-6-14(16(15)19)10-17(11-20)8-12-4-1-2-5-13(12)9-17/h1-7H,8-10H2. The molecular formula is C17H13F2N. The van der Waals surface area contributed by atoms with Gasteiger partial charge in [0, 0.05) is 0 Å². The van der Waals surface area contributed by atoms with Crippen molar-refractivity contribution in [2.24, 2.45) is 5.41 Å². The molecule has 3 rings (SSSR count). The number of hydrogen-bond donors (Lipinski definition) is 0. The molecule has 100 valence electrons. The molecule has 2 aromatic rings. The van der Waals surface area contributed by atoms with Crippen LogP contribution in [0.4, 0.5) is 8.78 Å². The minimum Gasteiger partial charge on any atom is -0.204 e. The zero-order valence-corrected chi connectivity index (χ0v) is 10.9. The van der Waals surface area contributed by atoms with Gasteiger partial charge in [-0.3, -0.25) is 0 Å². The molecule has 0 N–H and O–H groups in total. The summed E-state index contributed by atoms with van der Waals surface area (Å²) in [5, 5.41) is 9.54. The Hall–Kier alpha value is -2.21. The summed E-state index contributed by atoms with van der Waals surface area (Å²) < 4.78 is 27.1. The molecule has 20 heavy (non-hydrogen) atoms. The molecule has 1 nitrogen and oxygen atoms in total. The van der Waals surface area contributed by atoms with E-state index in [0.29, 0.717) is 12.8 Å². The fourth-order valence-electron chi connectivity index (χ4n) is 2.99. The van der Waals surface area contributed by atoms with E-state index in [1.807, 2.05) is 24.3 Å². The zero-order valence-electron chi connectivity index (χ0n) is 10.9. The van der Waals surface area contributed by atoms with E-state index in [2.05, 4.69) is 6.07 Å². The van der Waals surface area contributed by atoms with Gasteiger partial charge in [-0.05, 0) is 42.0 Å². The molecule has 0 atom stereocenters. The molecule has 3 heteroatoms. The van der Waals surface area contributed by atoms with Crippen molar-refractivity contribution in [3.8, 4) is 6.07 Å². The zero-order chi connectivity index (χ0) is 14.2. The fraction of sp³-hybridized carbons (Fsp3) is 0.235. The highest BCUT2D eigenvalue weighted by molar-refractivity contribution is 5.38. The molecule has 0 fully saturated rings. The van der Waals surface area contributed by atoms with E-state index >= 15 is 0 Å². The van der Waals surface area contributed by atoms with Crippen molar-refractivity contribution in [3.63, 3.8) is 0 Å². The van der Waals surface area contributed by atoms with Gasteiger partial charge >= 0.3 is 0 Å². The van der Waals surface area contributed by atoms with Crippen molar-refractivity contribution < 1.29 is 8.78 Å². The first-order valence-electron chi connectivity index (χ1n) is 6.54. The molecule has 1 aliphatic rings. The van der Waals surface area contributed by atoms with Crippen molar-refractivity contribution in [2.75, 3.05) is 0 Å². The molecule has 0 aromatic heterocycles. The number of benzene rings is 2. The quantitative estimate of drug-likeness (QED) is 0.813. The molecule has 1 aliphatic carbocycles. The predicted molar refractivity (Wildman–Crippen MR) is 72.0 cm³/mol. The molecule has 0 unspecified atom stereocenters. The van der Waals surface area contributed by atoms with E-state index in [-0.39, 0.29) is 12.0 Å². The van der Waals surface area contributed by atoms with Crippen LogP contribution in [0, 0.1) is 28.4 Å². The molecule has 0 radical (unpaired) electrons. The summed E-state index contributed by atoms with van der Waals surface area (Å²) in [7, 11) is 0. The smallest absolute Gasteiger partial charge is 0.162 e. The average molecular weight is 269 g/mol. The summed E-state index contributed by atoms with van der Waals surface area (Å²) in [4.78, 5) is 0. The molecule has 2 aromatic carbocycles. The van der Waals surface area contributed by atoms with Crippen LogP contribution in [-0.2, 0) is 19.3 Å². The molecule has 0 amide bonds. The van der Waals surface area contributed by atoms with Crippen LogP contribution in [0.2, 0.25) is 0 Å². The molecule has 0 bridgehead atoms. The second kappa shape index (κ2) is 4.72. The van der Waals surface area contributed by atoms with Gasteiger partial charge in [0.1, 0.15) is 0 Å². The van der Waals surface area contributed by atoms with Gasteiger partial charge in [-0.25, -0.2) is 8.78 Å². The van der Waals surface area contributed by atoms with E-state index < -0.39 is 17.0 Å². The number of nitrogens with zero attached hydrogens (tertiary/aromatic N) is 1. The van der Waals surface area contributed by atoms with Gasteiger partial charge < -0.3 is 0 Å². The number of hydrogen-bond acceptors (Lipinski definition) is 1. The molecule has 0 saturated carbocycles. The largest absolute Gasteiger partial charge is 0.204 e. The lowest BCUT2D eigenvalue weighted by atomic mass is 9.80. The summed E-state index contributed by atoms with van der Waals surface area (Å²) in [5.41, 5.74) is 1.87. The van der Waals surface area contributed by atoms with Crippen molar-refractivity contribution >= 4 is 0 Å². The predicted octanol–water partition coefficient (Wildman–Crippen LogP) is 3.82. The average Bonchev–Trinajstić information content (AvgIpc) is 2.83. The Morgan fingerprint density at radius 1 is 1.00 bits per heavy atom. The molecule has 0 saturated heterocycles. The summed E-state index contributed by atoms with van der Waals surface area (Å²) in [6.45, 7) is 0. The van der Waals surface area contributed by atoms with Crippen LogP contribution >= 0.6 is 0 Å². The summed E-state index contributed by atoms with van der Waals surface area (Å²) in [6.07, 6.45) is 1.42. The normalized spacial score (nSPS) is 15.7. The Kier molecular flexibility index (Phi) is 3.02. The minimum atomic E-state index is -0.855. The first kappa shape index (κ1) is 12.8. The first-order chi connectivity index (χ1) is 9.63. The minimum absolute atomic E-state index is 0.238. The van der Waals surface area contributed by atoms with Crippen molar-refractivity contribution in [2.45, 2.75) is 19.3 Å². The Balaban J connectivity index is 1.94. The summed E-state index contributed by atoms with van der Waals surface area (Å²) in [6, 6.07) is 14.3. The third-order valence-electron chi connectivity index (χ3n) is 3.97. The van der Waals surface area contributed by atoms with Crippen LogP contribution in [0.1, 0.15) is 16.7 Å². The van der Waals surface area contributed by atoms with Crippen LogP contribution in [0.15, 0.2) is 42.5 Å². The Labute approximate surface area is 116 Å². The Morgan fingerprint density at radius 3 is 2.25 bits per heavy atom. The van der Waals surface area contributed by atoms with Gasteiger partial charge in [0.05, 0.1) is 11.5 Å². The van der Waals surface area contributed by atoms with Crippen molar-refractivity contribution in [1.29, 1.82) is 5.26 Å². The van der Waals surface area contributed by atoms with Crippen LogP contribution in [0.25, 0.3) is 0 Å². The van der Waals surface area contributed by atoms with Gasteiger partial charge in [-0.1, -0.05) is 36.4 Å². The van der Waals surface area contributed by atoms with Crippen molar-refractivity contribution in [1.82, 2.24) is 0 Å². The number of fused-ring (bicyclic) bond motifs is 1. The van der Waals surface area contributed by atoms with E-state index in [1.165, 1.54) is 6.07 Å². The monoisotopic (exact) mass is 269 g/mol. The molecule has 0 aliphatic heterocycles. The van der Waals surface area contributed by atoms with E-state index in [1.54, 1.807) is 6.07 Å². The topological polar surface area (TPSA) is 23.8 Å². The van der Waals surface area contributed by atoms with Crippen LogP contribution in [0.5, 0.6) is 0 Å². The lowest BCUT2D eigenvalue weighted by Gasteiger charge is -2.20. The first-order valence-corrected chi connectivity index (χ1v) is 6.54. The summed E-state index contributed by atoms with van der Waals surface area (Å²) >= 11 is 0. The second-order valence-electron chi connectivity index (χ2n) is 5.40. The van der Waals surface area contributed by atoms with Gasteiger partial charge in [-0.15, -0.1) is 0 Å². The Bertz CT molecular complexity index is 675. The van der Waals surface area contributed by atoms with Gasteiger partial charge in [0.25, 0.3) is 0 Å². The van der Waals surface area contributed by atoms with E-state index in [9.17, 15) is 14.0 Å². The Morgan fingerprint density at radius 2 is 1.65 bits per heavy atom. The van der Waals surface area contributed by atoms with Crippen LogP contribution in [-0.4, -0.2) is 0 Å². The van der Waals surface area contributed by atoms with E-state index in [0.717, 1.165) is 17.2 Å². The highest BCUT2D eigenvalue weighted by Gasteiger charge is 2.38. The van der Waals surface area contributed by atoms with E-state index in [4.69, 9.17) is 0 Å². The number of halogens is 2. The van der Waals surface area contributed by atoms with Gasteiger partial charge in [0.15, 0.2) is 11.6 Å². The maximum atomic E-state index is 13.8. The van der Waals surface area contributed by atoms with Crippen molar-refractivity contribution in [3.05, 3.63) is 70.8 Å². The maximum absolute atomic E-state index is 13.8. The van der Waals surface area contributed by atoms with Crippen LogP contribution in [0.3, 0.4) is 0 Å². The highest BCUT2D eigenvalue weighted by Crippen LogP contribution is 2.39. The van der Waals surface area contributed by atoms with Crippen LogP contribution < -0.4 is 0 Å². The summed E-state index contributed by atoms with van der Waals surface area (Å²) in [5.74, 6) is -1.69.